The van der Waals surface area contributed by atoms with Gasteiger partial charge >= 0.3 is 6.03 Å². The summed E-state index contributed by atoms with van der Waals surface area (Å²) in [6.45, 7) is 8.23. The minimum Gasteiger partial charge on any atom is -0.246 e. The molecule has 1 fully saturated rings. The third-order valence-electron chi connectivity index (χ3n) is 4.29. The lowest BCUT2D eigenvalue weighted by Gasteiger charge is -2.46. The molecule has 0 saturated carbocycles. The Labute approximate surface area is 108 Å². The molecule has 0 N–H and O–H groups in total. The lowest BCUT2D eigenvalue weighted by atomic mass is 9.71. The Balaban J connectivity index is 3.35. The van der Waals surface area contributed by atoms with Gasteiger partial charge in [0.1, 0.15) is 0 Å². The second kappa shape index (κ2) is 4.61. The second-order valence-electron chi connectivity index (χ2n) is 4.32. The molecule has 5 heteroatoms. The summed E-state index contributed by atoms with van der Waals surface area (Å²) in [6.07, 6.45) is 3.24. The van der Waals surface area contributed by atoms with Gasteiger partial charge in [-0.15, -0.1) is 0 Å². The van der Waals surface area contributed by atoms with Crippen LogP contribution in [-0.4, -0.2) is 25.9 Å². The monoisotopic (exact) mass is 266 g/mol. The zero-order valence-electron chi connectivity index (χ0n) is 10.4. The maximum Gasteiger partial charge on any atom is 0.350 e. The lowest BCUT2D eigenvalue weighted by molar-refractivity contribution is 0.0942. The molecule has 0 unspecified atom stereocenters. The zero-order valence-corrected chi connectivity index (χ0v) is 11.9. The van der Waals surface area contributed by atoms with Crippen LogP contribution >= 0.6 is 23.6 Å². The molecule has 1 rings (SSSR count). The Morgan fingerprint density at radius 1 is 0.875 bits per heavy atom. The van der Waals surface area contributed by atoms with E-state index in [4.69, 9.17) is 23.6 Å². The minimum atomic E-state index is -0.364. The first-order valence-electron chi connectivity index (χ1n) is 5.93. The van der Waals surface area contributed by atoms with Crippen LogP contribution in [-0.2, 0) is 0 Å². The van der Waals surface area contributed by atoms with Crippen molar-refractivity contribution in [2.45, 2.75) is 64.5 Å². The summed E-state index contributed by atoms with van der Waals surface area (Å²) in [5, 5.41) is 0. The quantitative estimate of drug-likeness (QED) is 0.702. The van der Waals surface area contributed by atoms with Gasteiger partial charge in [0.15, 0.2) is 0 Å². The van der Waals surface area contributed by atoms with Gasteiger partial charge in [-0.2, -0.15) is 0 Å². The molecule has 1 aliphatic rings. The SMILES string of the molecule is CCC1(CC)N(Cl)C(=O)N(Cl)C1(CC)CC. The smallest absolute Gasteiger partial charge is 0.246 e. The molecule has 2 amide bonds. The lowest BCUT2D eigenvalue weighted by Crippen LogP contribution is -2.57. The molecule has 1 aliphatic heterocycles. The topological polar surface area (TPSA) is 23.6 Å². The third kappa shape index (κ3) is 1.37. The van der Waals surface area contributed by atoms with Gasteiger partial charge in [0.25, 0.3) is 0 Å². The first-order valence-corrected chi connectivity index (χ1v) is 6.61. The van der Waals surface area contributed by atoms with E-state index < -0.39 is 0 Å². The fraction of sp³-hybridized carbons (Fsp3) is 0.909. The number of carbonyl (C=O) groups is 1. The number of urea groups is 1. The second-order valence-corrected chi connectivity index (χ2v) is 5.00. The van der Waals surface area contributed by atoms with Crippen LogP contribution in [0.4, 0.5) is 4.79 Å². The van der Waals surface area contributed by atoms with Gasteiger partial charge in [-0.25, -0.2) is 13.6 Å². The molecule has 0 aromatic carbocycles. The molecule has 1 saturated heterocycles. The molecule has 0 spiro atoms. The van der Waals surface area contributed by atoms with E-state index in [0.29, 0.717) is 0 Å². The molecule has 0 radical (unpaired) electrons. The van der Waals surface area contributed by atoms with Crippen LogP contribution < -0.4 is 0 Å². The highest BCUT2D eigenvalue weighted by Crippen LogP contribution is 2.51. The summed E-state index contributed by atoms with van der Waals surface area (Å²) in [5.41, 5.74) is -0.728. The maximum absolute atomic E-state index is 12.0. The van der Waals surface area contributed by atoms with Gasteiger partial charge in [0.2, 0.25) is 0 Å². The van der Waals surface area contributed by atoms with Gasteiger partial charge in [-0.3, -0.25) is 0 Å². The number of amides is 2. The average molecular weight is 267 g/mol. The molecule has 94 valence electrons. The molecular formula is C11H20Cl2N2O. The molecular weight excluding hydrogens is 247 g/mol. The highest BCUT2D eigenvalue weighted by atomic mass is 35.5. The summed E-state index contributed by atoms with van der Waals surface area (Å²) in [4.78, 5) is 12.0. The summed E-state index contributed by atoms with van der Waals surface area (Å²) in [6, 6.07) is -0.296. The van der Waals surface area contributed by atoms with E-state index in [1.165, 1.54) is 8.84 Å². The molecule has 0 atom stereocenters. The molecule has 0 aromatic heterocycles. The largest absolute Gasteiger partial charge is 0.350 e. The van der Waals surface area contributed by atoms with Crippen molar-refractivity contribution in [2.24, 2.45) is 0 Å². The molecule has 0 aromatic rings. The molecule has 0 bridgehead atoms. The Morgan fingerprint density at radius 2 is 1.12 bits per heavy atom. The first kappa shape index (κ1) is 13.9. The van der Waals surface area contributed by atoms with Gasteiger partial charge in [0, 0.05) is 23.6 Å². The van der Waals surface area contributed by atoms with Crippen molar-refractivity contribution in [1.29, 1.82) is 0 Å². The number of hydrogen-bond donors (Lipinski definition) is 0. The first-order chi connectivity index (χ1) is 7.47. The van der Waals surface area contributed by atoms with Crippen molar-refractivity contribution in [3.05, 3.63) is 0 Å². The fourth-order valence-corrected chi connectivity index (χ4v) is 4.16. The highest BCUT2D eigenvalue weighted by Gasteiger charge is 2.63. The normalized spacial score (nSPS) is 23.0. The van der Waals surface area contributed by atoms with Crippen LogP contribution in [0, 0.1) is 0 Å². The van der Waals surface area contributed by atoms with Crippen molar-refractivity contribution in [1.82, 2.24) is 8.84 Å². The van der Waals surface area contributed by atoms with E-state index in [1.54, 1.807) is 0 Å². The Morgan fingerprint density at radius 3 is 1.31 bits per heavy atom. The van der Waals surface area contributed by atoms with Crippen molar-refractivity contribution in [3.8, 4) is 0 Å². The van der Waals surface area contributed by atoms with Crippen molar-refractivity contribution < 1.29 is 4.79 Å². The predicted molar refractivity (Wildman–Crippen MR) is 67.4 cm³/mol. The summed E-state index contributed by atoms with van der Waals surface area (Å²) in [5.74, 6) is 0. The molecule has 16 heavy (non-hydrogen) atoms. The third-order valence-corrected chi connectivity index (χ3v) is 5.23. The number of hydrogen-bond acceptors (Lipinski definition) is 1. The van der Waals surface area contributed by atoms with Crippen LogP contribution in [0.15, 0.2) is 0 Å². The Hall–Kier alpha value is -0.150. The summed E-state index contributed by atoms with van der Waals surface area (Å²) >= 11 is 12.4. The molecule has 3 nitrogen and oxygen atoms in total. The van der Waals surface area contributed by atoms with Crippen LogP contribution in [0.3, 0.4) is 0 Å². The Bertz CT molecular complexity index is 249. The molecule has 0 aliphatic carbocycles. The van der Waals surface area contributed by atoms with E-state index in [1.807, 2.05) is 0 Å². The minimum absolute atomic E-state index is 0.296. The standard InChI is InChI=1S/C11H20Cl2N2O/c1-5-10(6-2)11(7-3,8-4)15(13)9(16)14(10)12/h5-8H2,1-4H3. The zero-order chi connectivity index (χ0) is 12.6. The predicted octanol–water partition coefficient (Wildman–Crippen LogP) is 4.15. The van der Waals surface area contributed by atoms with Crippen LogP contribution in [0.25, 0.3) is 0 Å². The van der Waals surface area contributed by atoms with Crippen LogP contribution in [0.5, 0.6) is 0 Å². The van der Waals surface area contributed by atoms with E-state index in [0.717, 1.165) is 25.7 Å². The number of halogens is 2. The van der Waals surface area contributed by atoms with Crippen LogP contribution in [0.1, 0.15) is 53.4 Å². The Kier molecular flexibility index (Phi) is 4.01. The molecule has 1 heterocycles. The van der Waals surface area contributed by atoms with Gasteiger partial charge in [0.05, 0.1) is 11.1 Å². The van der Waals surface area contributed by atoms with Crippen molar-refractivity contribution in [3.63, 3.8) is 0 Å². The van der Waals surface area contributed by atoms with E-state index in [-0.39, 0.29) is 17.1 Å². The fourth-order valence-electron chi connectivity index (χ4n) is 3.18. The maximum atomic E-state index is 12.0. The van der Waals surface area contributed by atoms with Gasteiger partial charge in [-0.1, -0.05) is 27.7 Å². The van der Waals surface area contributed by atoms with E-state index in [9.17, 15) is 4.79 Å². The van der Waals surface area contributed by atoms with Gasteiger partial charge < -0.3 is 0 Å². The number of nitrogens with zero attached hydrogens (tertiary/aromatic N) is 2. The number of carbonyl (C=O) groups excluding carboxylic acids is 1. The van der Waals surface area contributed by atoms with E-state index in [2.05, 4.69) is 27.7 Å². The van der Waals surface area contributed by atoms with Crippen LogP contribution in [0.2, 0.25) is 0 Å². The average Bonchev–Trinajstić information content (AvgIpc) is 2.48. The number of rotatable bonds is 4. The van der Waals surface area contributed by atoms with Crippen molar-refractivity contribution in [2.75, 3.05) is 0 Å². The summed E-state index contributed by atoms with van der Waals surface area (Å²) in [7, 11) is 0. The van der Waals surface area contributed by atoms with E-state index >= 15 is 0 Å². The highest BCUT2D eigenvalue weighted by molar-refractivity contribution is 6.30. The van der Waals surface area contributed by atoms with Crippen molar-refractivity contribution >= 4 is 29.6 Å². The van der Waals surface area contributed by atoms with Gasteiger partial charge in [-0.05, 0) is 25.7 Å². The summed E-state index contributed by atoms with van der Waals surface area (Å²) < 4.78 is 2.62.